The Kier molecular flexibility index (Phi) is 4.46. The lowest BCUT2D eigenvalue weighted by Crippen LogP contribution is -2.69. The van der Waals surface area contributed by atoms with Crippen LogP contribution in [0.4, 0.5) is 16.2 Å². The summed E-state index contributed by atoms with van der Waals surface area (Å²) in [5, 5.41) is 12.9. The van der Waals surface area contributed by atoms with Crippen LogP contribution < -0.4 is 10.2 Å². The van der Waals surface area contributed by atoms with E-state index in [4.69, 9.17) is 0 Å². The Morgan fingerprint density at radius 3 is 2.82 bits per heavy atom. The molecule has 28 heavy (non-hydrogen) atoms. The molecule has 0 bridgehead atoms. The number of hydrogen-bond donors (Lipinski definition) is 2. The van der Waals surface area contributed by atoms with Gasteiger partial charge in [0.15, 0.2) is 6.04 Å². The molecule has 0 radical (unpaired) electrons. The highest BCUT2D eigenvalue weighted by atomic mass is 16.4. The van der Waals surface area contributed by atoms with Gasteiger partial charge in [-0.15, -0.1) is 0 Å². The molecule has 0 unspecified atom stereocenters. The monoisotopic (exact) mass is 380 g/mol. The van der Waals surface area contributed by atoms with Gasteiger partial charge >= 0.3 is 12.0 Å². The molecule has 8 nitrogen and oxygen atoms in total. The van der Waals surface area contributed by atoms with Crippen molar-refractivity contribution in [1.29, 1.82) is 0 Å². The maximum absolute atomic E-state index is 13.1. The zero-order valence-electron chi connectivity index (χ0n) is 15.3. The Morgan fingerprint density at radius 2 is 2.07 bits per heavy atom. The number of anilines is 2. The summed E-state index contributed by atoms with van der Waals surface area (Å²) < 4.78 is 0. The van der Waals surface area contributed by atoms with Crippen LogP contribution >= 0.6 is 0 Å². The Hall–Kier alpha value is -3.42. The molecule has 1 fully saturated rings. The van der Waals surface area contributed by atoms with Crippen LogP contribution in [0.5, 0.6) is 0 Å². The smallest absolute Gasteiger partial charge is 0.332 e. The zero-order chi connectivity index (χ0) is 19.8. The summed E-state index contributed by atoms with van der Waals surface area (Å²) in [5.41, 5.74) is 3.05. The van der Waals surface area contributed by atoms with Gasteiger partial charge in [-0.2, -0.15) is 0 Å². The number of aromatic nitrogens is 1. The summed E-state index contributed by atoms with van der Waals surface area (Å²) in [6.07, 6.45) is 1.89. The van der Waals surface area contributed by atoms with E-state index in [1.807, 2.05) is 25.1 Å². The van der Waals surface area contributed by atoms with Gasteiger partial charge in [-0.1, -0.05) is 12.1 Å². The van der Waals surface area contributed by atoms with Gasteiger partial charge in [0.05, 0.1) is 17.3 Å². The molecule has 0 aliphatic carbocycles. The van der Waals surface area contributed by atoms with E-state index < -0.39 is 29.9 Å². The van der Waals surface area contributed by atoms with Crippen LogP contribution in [-0.2, 0) is 16.0 Å². The normalized spacial score (nSPS) is 20.8. The number of urea groups is 1. The largest absolute Gasteiger partial charge is 0.480 e. The van der Waals surface area contributed by atoms with Crippen LogP contribution in [0.3, 0.4) is 0 Å². The SMILES string of the molecule is Cc1cc(C[C@H]2C(=O)N(C(=O)N3CCNc4ccccc43)[C@@H]2C(=O)O)ccn1. The second-order valence-corrected chi connectivity index (χ2v) is 6.99. The number of pyridine rings is 1. The summed E-state index contributed by atoms with van der Waals surface area (Å²) in [6, 6.07) is 9.09. The average molecular weight is 380 g/mol. The number of carboxylic acids is 1. The minimum Gasteiger partial charge on any atom is -0.480 e. The van der Waals surface area contributed by atoms with Crippen molar-refractivity contribution in [2.24, 2.45) is 5.92 Å². The lowest BCUT2D eigenvalue weighted by Gasteiger charge is -2.45. The first-order chi connectivity index (χ1) is 13.5. The lowest BCUT2D eigenvalue weighted by molar-refractivity contribution is -0.165. The molecule has 2 aliphatic heterocycles. The van der Waals surface area contributed by atoms with Crippen molar-refractivity contribution in [3.63, 3.8) is 0 Å². The number of carbonyl (C=O) groups excluding carboxylic acids is 2. The van der Waals surface area contributed by atoms with Crippen molar-refractivity contribution in [3.8, 4) is 0 Å². The average Bonchev–Trinajstić information content (AvgIpc) is 2.69. The number of nitrogens with zero attached hydrogens (tertiary/aromatic N) is 3. The quantitative estimate of drug-likeness (QED) is 0.789. The second-order valence-electron chi connectivity index (χ2n) is 6.99. The molecule has 144 valence electrons. The van der Waals surface area contributed by atoms with Gasteiger partial charge in [0.2, 0.25) is 5.91 Å². The maximum Gasteiger partial charge on any atom is 0.332 e. The third kappa shape index (κ3) is 2.96. The van der Waals surface area contributed by atoms with Crippen molar-refractivity contribution >= 4 is 29.3 Å². The molecule has 2 aliphatic rings. The van der Waals surface area contributed by atoms with Gasteiger partial charge in [0.25, 0.3) is 0 Å². The van der Waals surface area contributed by atoms with Gasteiger partial charge in [-0.25, -0.2) is 14.5 Å². The predicted molar refractivity (Wildman–Crippen MR) is 102 cm³/mol. The summed E-state index contributed by atoms with van der Waals surface area (Å²) in [5.74, 6) is -2.39. The first-order valence-electron chi connectivity index (χ1n) is 9.09. The van der Waals surface area contributed by atoms with E-state index in [0.29, 0.717) is 18.8 Å². The highest BCUT2D eigenvalue weighted by Gasteiger charge is 2.55. The van der Waals surface area contributed by atoms with Gasteiger partial charge in [0, 0.05) is 25.0 Å². The number of amides is 3. The minimum atomic E-state index is -1.17. The lowest BCUT2D eigenvalue weighted by atomic mass is 9.82. The van der Waals surface area contributed by atoms with Crippen LogP contribution in [0.2, 0.25) is 0 Å². The van der Waals surface area contributed by atoms with Crippen LogP contribution in [0, 0.1) is 12.8 Å². The molecule has 0 saturated carbocycles. The zero-order valence-corrected chi connectivity index (χ0v) is 15.3. The fourth-order valence-electron chi connectivity index (χ4n) is 3.84. The second kappa shape index (κ2) is 6.95. The molecular weight excluding hydrogens is 360 g/mol. The van der Waals surface area contributed by atoms with Crippen molar-refractivity contribution in [2.45, 2.75) is 19.4 Å². The fourth-order valence-corrected chi connectivity index (χ4v) is 3.84. The third-order valence-corrected chi connectivity index (χ3v) is 5.17. The fraction of sp³-hybridized carbons (Fsp3) is 0.300. The minimum absolute atomic E-state index is 0.265. The van der Waals surface area contributed by atoms with Crippen molar-refractivity contribution in [2.75, 3.05) is 23.3 Å². The van der Waals surface area contributed by atoms with Gasteiger partial charge in [-0.3, -0.25) is 14.7 Å². The number of hydrogen-bond acceptors (Lipinski definition) is 5. The van der Waals surface area contributed by atoms with E-state index in [0.717, 1.165) is 21.8 Å². The van der Waals surface area contributed by atoms with Crippen LogP contribution in [-0.4, -0.2) is 52.0 Å². The van der Waals surface area contributed by atoms with Crippen molar-refractivity contribution < 1.29 is 19.5 Å². The number of para-hydroxylation sites is 2. The Morgan fingerprint density at radius 1 is 1.29 bits per heavy atom. The molecule has 2 atom stereocenters. The molecule has 1 aromatic heterocycles. The number of β-lactam (4-membered cyclic amide) rings is 1. The number of fused-ring (bicyclic) bond motifs is 1. The Labute approximate surface area is 161 Å². The number of carbonyl (C=O) groups is 3. The first kappa shape index (κ1) is 18.0. The van der Waals surface area contributed by atoms with Gasteiger partial charge < -0.3 is 10.4 Å². The highest BCUT2D eigenvalue weighted by Crippen LogP contribution is 2.35. The van der Waals surface area contributed by atoms with E-state index >= 15 is 0 Å². The topological polar surface area (TPSA) is 103 Å². The van der Waals surface area contributed by atoms with Gasteiger partial charge in [-0.05, 0) is 43.2 Å². The Bertz CT molecular complexity index is 961. The highest BCUT2D eigenvalue weighted by molar-refractivity contribution is 6.12. The van der Waals surface area contributed by atoms with Crippen molar-refractivity contribution in [3.05, 3.63) is 53.9 Å². The van der Waals surface area contributed by atoms with E-state index in [9.17, 15) is 19.5 Å². The molecule has 3 heterocycles. The molecular formula is C20H20N4O4. The van der Waals surface area contributed by atoms with E-state index in [1.165, 1.54) is 4.90 Å². The van der Waals surface area contributed by atoms with Crippen LogP contribution in [0.1, 0.15) is 11.3 Å². The summed E-state index contributed by atoms with van der Waals surface area (Å²) >= 11 is 0. The molecule has 1 saturated heterocycles. The molecule has 2 aromatic rings. The number of imide groups is 1. The van der Waals surface area contributed by atoms with Crippen LogP contribution in [0.25, 0.3) is 0 Å². The van der Waals surface area contributed by atoms with E-state index in [-0.39, 0.29) is 6.42 Å². The number of likely N-dealkylation sites (tertiary alicyclic amines) is 1. The molecule has 0 spiro atoms. The van der Waals surface area contributed by atoms with Crippen LogP contribution in [0.15, 0.2) is 42.6 Å². The standard InChI is InChI=1S/C20H20N4O4/c1-12-10-13(6-7-21-12)11-14-17(19(26)27)24(18(14)25)20(28)23-9-8-22-15-4-2-3-5-16(15)23/h2-7,10,14,17,22H,8-9,11H2,1H3,(H,26,27)/t14-,17+/m1/s1. The number of rotatable bonds is 3. The number of benzene rings is 1. The van der Waals surface area contributed by atoms with Crippen molar-refractivity contribution in [1.82, 2.24) is 9.88 Å². The molecule has 4 rings (SSSR count). The molecule has 1 aromatic carbocycles. The molecule has 3 amide bonds. The predicted octanol–water partition coefficient (Wildman–Crippen LogP) is 1.90. The van der Waals surface area contributed by atoms with Gasteiger partial charge in [0.1, 0.15) is 0 Å². The molecule has 8 heteroatoms. The number of nitrogens with one attached hydrogen (secondary N) is 1. The summed E-state index contributed by atoms with van der Waals surface area (Å²) in [4.78, 5) is 44.1. The first-order valence-corrected chi connectivity index (χ1v) is 9.09. The summed E-state index contributed by atoms with van der Waals surface area (Å²) in [7, 11) is 0. The van der Waals surface area contributed by atoms with E-state index in [1.54, 1.807) is 24.4 Å². The van der Waals surface area contributed by atoms with E-state index in [2.05, 4.69) is 10.3 Å². The third-order valence-electron chi connectivity index (χ3n) is 5.17. The maximum atomic E-state index is 13.1. The summed E-state index contributed by atoms with van der Waals surface area (Å²) in [6.45, 7) is 2.72. The number of aliphatic carboxylic acids is 1. The molecule has 2 N–H and O–H groups in total. The Balaban J connectivity index is 1.58. The number of aryl methyl sites for hydroxylation is 1. The number of carboxylic acid groups (broad SMARTS) is 1.